The van der Waals surface area contributed by atoms with Crippen LogP contribution >= 0.6 is 0 Å². The van der Waals surface area contributed by atoms with Gasteiger partial charge in [-0.25, -0.2) is 19.6 Å². The second kappa shape index (κ2) is 13.3. The Balaban J connectivity index is 0.000000303. The Bertz CT molecular complexity index is 1480. The van der Waals surface area contributed by atoms with Gasteiger partial charge in [0.1, 0.15) is 11.6 Å². The van der Waals surface area contributed by atoms with Crippen LogP contribution in [0.3, 0.4) is 0 Å². The maximum absolute atomic E-state index is 10.6. The summed E-state index contributed by atoms with van der Waals surface area (Å²) in [5.41, 5.74) is 16.4. The molecule has 1 saturated heterocycles. The molecule has 1 fully saturated rings. The van der Waals surface area contributed by atoms with Gasteiger partial charge in [-0.3, -0.25) is 0 Å². The first-order chi connectivity index (χ1) is 20.1. The number of pyridine rings is 2. The van der Waals surface area contributed by atoms with Crippen molar-refractivity contribution in [1.82, 2.24) is 9.97 Å². The average molecular weight is 613 g/mol. The molecule has 10 nitrogen and oxygen atoms in total. The topological polar surface area (TPSA) is 159 Å². The minimum Gasteiger partial charge on any atom is -0.475 e. The molecule has 0 aliphatic carbocycles. The first kappa shape index (κ1) is 32.5. The van der Waals surface area contributed by atoms with Gasteiger partial charge in [0.15, 0.2) is 0 Å². The number of halogens is 6. The van der Waals surface area contributed by atoms with Gasteiger partial charge in [-0.2, -0.15) is 26.3 Å². The number of fused-ring (bicyclic) bond motifs is 2. The zero-order valence-corrected chi connectivity index (χ0v) is 22.2. The van der Waals surface area contributed by atoms with Gasteiger partial charge in [-0.1, -0.05) is 36.4 Å². The smallest absolute Gasteiger partial charge is 0.475 e. The number of hydrogen-bond acceptors (Lipinski definition) is 8. The van der Waals surface area contributed by atoms with Gasteiger partial charge < -0.3 is 31.5 Å². The molecular weight excluding hydrogens is 586 g/mol. The van der Waals surface area contributed by atoms with Crippen molar-refractivity contribution in [1.29, 1.82) is 0 Å². The third kappa shape index (κ3) is 8.73. The van der Waals surface area contributed by atoms with Crippen LogP contribution in [0.25, 0.3) is 21.8 Å². The van der Waals surface area contributed by atoms with Gasteiger partial charge in [-0.05, 0) is 18.6 Å². The molecule has 3 heterocycles. The Kier molecular flexibility index (Phi) is 10.1. The molecule has 4 aromatic rings. The van der Waals surface area contributed by atoms with Crippen molar-refractivity contribution in [3.63, 3.8) is 0 Å². The summed E-state index contributed by atoms with van der Waals surface area (Å²) in [5.74, 6) is -4.39. The Morgan fingerprint density at radius 3 is 1.30 bits per heavy atom. The zero-order valence-electron chi connectivity index (χ0n) is 22.2. The molecular formula is C27H26F6N6O4. The predicted octanol–water partition coefficient (Wildman–Crippen LogP) is 4.93. The second-order valence-electron chi connectivity index (χ2n) is 9.10. The number of benzene rings is 2. The fourth-order valence-corrected chi connectivity index (χ4v) is 4.28. The van der Waals surface area contributed by atoms with Crippen molar-refractivity contribution in [3.05, 3.63) is 60.7 Å². The van der Waals surface area contributed by atoms with E-state index in [1.807, 2.05) is 36.4 Å². The first-order valence-corrected chi connectivity index (χ1v) is 12.5. The summed E-state index contributed by atoms with van der Waals surface area (Å²) in [5, 5.41) is 16.5. The number of nitrogen functional groups attached to an aromatic ring is 2. The Morgan fingerprint density at radius 1 is 0.651 bits per heavy atom. The van der Waals surface area contributed by atoms with Gasteiger partial charge >= 0.3 is 24.3 Å². The number of aromatic nitrogens is 2. The Labute approximate surface area is 240 Å². The van der Waals surface area contributed by atoms with Crippen molar-refractivity contribution in [2.75, 3.05) is 47.4 Å². The SMILES string of the molecule is Nc1cc(N2CCCN(c3cc(N)nc4ccccc34)CC2)c2ccccc2n1.O=C(O)C(F)(F)F.O=C(O)C(F)(F)F. The van der Waals surface area contributed by atoms with E-state index in [1.165, 1.54) is 0 Å². The molecule has 0 amide bonds. The molecule has 1 aliphatic rings. The number of rotatable bonds is 2. The fraction of sp³-hybridized carbons (Fsp3) is 0.259. The summed E-state index contributed by atoms with van der Waals surface area (Å²) in [6, 6.07) is 20.4. The maximum Gasteiger partial charge on any atom is 0.490 e. The molecule has 1 aliphatic heterocycles. The third-order valence-corrected chi connectivity index (χ3v) is 6.09. The van der Waals surface area contributed by atoms with E-state index in [9.17, 15) is 26.3 Å². The Hall–Kier alpha value is -5.02. The van der Waals surface area contributed by atoms with Gasteiger partial charge in [0.25, 0.3) is 0 Å². The van der Waals surface area contributed by atoms with Gasteiger partial charge in [-0.15, -0.1) is 0 Å². The molecule has 16 heteroatoms. The van der Waals surface area contributed by atoms with Gasteiger partial charge in [0.05, 0.1) is 11.0 Å². The molecule has 6 N–H and O–H groups in total. The minimum atomic E-state index is -5.08. The summed E-state index contributed by atoms with van der Waals surface area (Å²) in [6.45, 7) is 3.76. The van der Waals surface area contributed by atoms with E-state index >= 15 is 0 Å². The molecule has 0 saturated carbocycles. The molecule has 0 unspecified atom stereocenters. The summed E-state index contributed by atoms with van der Waals surface area (Å²) >= 11 is 0. The lowest BCUT2D eigenvalue weighted by Gasteiger charge is -2.26. The third-order valence-electron chi connectivity index (χ3n) is 6.09. The monoisotopic (exact) mass is 612 g/mol. The quantitative estimate of drug-likeness (QED) is 0.229. The van der Waals surface area contributed by atoms with E-state index in [-0.39, 0.29) is 0 Å². The van der Waals surface area contributed by atoms with Crippen LogP contribution < -0.4 is 21.3 Å². The van der Waals surface area contributed by atoms with Gasteiger partial charge in [0.2, 0.25) is 0 Å². The van der Waals surface area contributed by atoms with Crippen molar-refractivity contribution in [3.8, 4) is 0 Å². The lowest BCUT2D eigenvalue weighted by Crippen LogP contribution is -2.31. The molecule has 5 rings (SSSR count). The molecule has 0 radical (unpaired) electrons. The number of nitrogens with two attached hydrogens (primary N) is 2. The summed E-state index contributed by atoms with van der Waals surface area (Å²) in [7, 11) is 0. The molecule has 43 heavy (non-hydrogen) atoms. The summed E-state index contributed by atoms with van der Waals surface area (Å²) in [6.07, 6.45) is -9.12. The molecule has 2 aromatic heterocycles. The standard InChI is InChI=1S/C23H24N6.2C2HF3O2/c24-22-14-20(16-6-1-3-8-18(16)26-22)28-10-5-11-29(13-12-28)21-15-23(25)27-19-9-4-2-7-17(19)21;2*3-2(4,5)1(6)7/h1-4,6-9,14-15H,5,10-13H2,(H2,24,26)(H2,25,27);2*(H,6,7). The minimum absolute atomic E-state index is 0.563. The molecule has 230 valence electrons. The number of carboxylic acid groups (broad SMARTS) is 2. The number of carbonyl (C=O) groups is 2. The zero-order chi connectivity index (χ0) is 31.9. The molecule has 2 aromatic carbocycles. The highest BCUT2D eigenvalue weighted by atomic mass is 19.4. The van der Waals surface area contributed by atoms with Crippen LogP contribution in [0.15, 0.2) is 60.7 Å². The van der Waals surface area contributed by atoms with Crippen molar-refractivity contribution in [2.45, 2.75) is 18.8 Å². The molecule has 0 bridgehead atoms. The first-order valence-electron chi connectivity index (χ1n) is 12.5. The van der Waals surface area contributed by atoms with E-state index in [2.05, 4.69) is 44.0 Å². The average Bonchev–Trinajstić information content (AvgIpc) is 3.18. The largest absolute Gasteiger partial charge is 0.490 e. The van der Waals surface area contributed by atoms with E-state index in [4.69, 9.17) is 31.3 Å². The van der Waals surface area contributed by atoms with Crippen LogP contribution in [-0.4, -0.2) is 70.7 Å². The van der Waals surface area contributed by atoms with Crippen LogP contribution in [0.2, 0.25) is 0 Å². The van der Waals surface area contributed by atoms with Crippen LogP contribution in [-0.2, 0) is 9.59 Å². The number of carboxylic acids is 2. The molecule has 0 spiro atoms. The lowest BCUT2D eigenvalue weighted by molar-refractivity contribution is -0.193. The highest BCUT2D eigenvalue weighted by molar-refractivity contribution is 5.94. The van der Waals surface area contributed by atoms with E-state index in [1.54, 1.807) is 0 Å². The number of aliphatic carboxylic acids is 2. The van der Waals surface area contributed by atoms with Crippen molar-refractivity contribution < 1.29 is 46.1 Å². The fourth-order valence-electron chi connectivity index (χ4n) is 4.28. The Morgan fingerprint density at radius 2 is 0.977 bits per heavy atom. The predicted molar refractivity (Wildman–Crippen MR) is 149 cm³/mol. The van der Waals surface area contributed by atoms with Crippen molar-refractivity contribution >= 4 is 56.8 Å². The summed E-state index contributed by atoms with van der Waals surface area (Å²) in [4.78, 5) is 31.6. The highest BCUT2D eigenvalue weighted by Crippen LogP contribution is 2.31. The number of anilines is 4. The van der Waals surface area contributed by atoms with Crippen LogP contribution in [0.4, 0.5) is 49.4 Å². The van der Waals surface area contributed by atoms with E-state index in [0.29, 0.717) is 11.6 Å². The molecule has 0 atom stereocenters. The number of hydrogen-bond donors (Lipinski definition) is 4. The number of nitrogens with zero attached hydrogens (tertiary/aromatic N) is 4. The summed E-state index contributed by atoms with van der Waals surface area (Å²) < 4.78 is 63.5. The van der Waals surface area contributed by atoms with Gasteiger partial charge in [0, 0.05) is 60.5 Å². The van der Waals surface area contributed by atoms with Crippen LogP contribution in [0.1, 0.15) is 6.42 Å². The highest BCUT2D eigenvalue weighted by Gasteiger charge is 2.38. The normalized spacial score (nSPS) is 13.8. The van der Waals surface area contributed by atoms with Crippen LogP contribution in [0.5, 0.6) is 0 Å². The van der Waals surface area contributed by atoms with Crippen molar-refractivity contribution in [2.24, 2.45) is 0 Å². The van der Waals surface area contributed by atoms with Crippen LogP contribution in [0, 0.1) is 0 Å². The van der Waals surface area contributed by atoms with E-state index in [0.717, 1.165) is 65.8 Å². The second-order valence-corrected chi connectivity index (χ2v) is 9.10. The maximum atomic E-state index is 10.6. The van der Waals surface area contributed by atoms with E-state index < -0.39 is 24.3 Å². The lowest BCUT2D eigenvalue weighted by atomic mass is 10.1. The number of alkyl halides is 6. The number of para-hydroxylation sites is 2.